The van der Waals surface area contributed by atoms with E-state index in [1.54, 1.807) is 18.2 Å². The average molecular weight is 343 g/mol. The van der Waals surface area contributed by atoms with Crippen molar-refractivity contribution in [3.63, 3.8) is 0 Å². The summed E-state index contributed by atoms with van der Waals surface area (Å²) in [5, 5.41) is 10.8. The van der Waals surface area contributed by atoms with Gasteiger partial charge in [-0.1, -0.05) is 44.0 Å². The number of carbonyl (C=O) groups excluding carboxylic acids is 1. The molecule has 0 spiro atoms. The number of esters is 1. The first-order valence-corrected chi connectivity index (χ1v) is 8.94. The maximum absolute atomic E-state index is 12.4. The van der Waals surface area contributed by atoms with Gasteiger partial charge in [0.15, 0.2) is 0 Å². The molecule has 0 fully saturated rings. The van der Waals surface area contributed by atoms with E-state index in [0.717, 1.165) is 17.2 Å². The van der Waals surface area contributed by atoms with Crippen molar-refractivity contribution in [1.82, 2.24) is 0 Å². The van der Waals surface area contributed by atoms with Crippen molar-refractivity contribution >= 4 is 16.7 Å². The molecule has 3 nitrogen and oxygen atoms in total. The Morgan fingerprint density at radius 1 is 0.962 bits per heavy atom. The Hall–Kier alpha value is -3.12. The van der Waals surface area contributed by atoms with Crippen molar-refractivity contribution in [2.75, 3.05) is 0 Å². The summed E-state index contributed by atoms with van der Waals surface area (Å²) in [7, 11) is 0. The van der Waals surface area contributed by atoms with Crippen LogP contribution in [0.2, 0.25) is 0 Å². The number of ether oxygens (including phenoxy) is 1. The van der Waals surface area contributed by atoms with E-state index in [9.17, 15) is 4.79 Å². The number of nitriles is 1. The van der Waals surface area contributed by atoms with Crippen molar-refractivity contribution in [3.05, 3.63) is 77.4 Å². The highest BCUT2D eigenvalue weighted by molar-refractivity contribution is 5.96. The normalized spacial score (nSPS) is 10.5. The zero-order valence-electron chi connectivity index (χ0n) is 14.9. The van der Waals surface area contributed by atoms with E-state index in [1.807, 2.05) is 42.5 Å². The fraction of sp³-hybridized carbons (Fsp3) is 0.217. The lowest BCUT2D eigenvalue weighted by molar-refractivity contribution is 0.0735. The number of benzene rings is 3. The molecule has 0 amide bonds. The van der Waals surface area contributed by atoms with E-state index in [0.29, 0.717) is 16.9 Å². The van der Waals surface area contributed by atoms with Crippen LogP contribution in [0.4, 0.5) is 0 Å². The van der Waals surface area contributed by atoms with Gasteiger partial charge in [0.25, 0.3) is 0 Å². The Labute approximate surface area is 153 Å². The fourth-order valence-electron chi connectivity index (χ4n) is 2.91. The van der Waals surface area contributed by atoms with E-state index in [-0.39, 0.29) is 5.97 Å². The van der Waals surface area contributed by atoms with E-state index in [2.05, 4.69) is 13.0 Å². The summed E-state index contributed by atoms with van der Waals surface area (Å²) in [5.41, 5.74) is 2.36. The van der Waals surface area contributed by atoms with Crippen LogP contribution in [0.25, 0.3) is 10.8 Å². The summed E-state index contributed by atoms with van der Waals surface area (Å²) >= 11 is 0. The van der Waals surface area contributed by atoms with Gasteiger partial charge in [0.1, 0.15) is 5.75 Å². The summed E-state index contributed by atoms with van der Waals surface area (Å²) in [6, 6.07) is 20.6. The first-order chi connectivity index (χ1) is 12.7. The van der Waals surface area contributed by atoms with Crippen LogP contribution in [0.5, 0.6) is 5.75 Å². The van der Waals surface area contributed by atoms with Gasteiger partial charge >= 0.3 is 5.97 Å². The predicted molar refractivity (Wildman–Crippen MR) is 103 cm³/mol. The maximum atomic E-state index is 12.4. The molecule has 3 aromatic carbocycles. The Kier molecular flexibility index (Phi) is 5.66. The molecule has 0 bridgehead atoms. The van der Waals surface area contributed by atoms with Crippen LogP contribution >= 0.6 is 0 Å². The van der Waals surface area contributed by atoms with Gasteiger partial charge in [0.05, 0.1) is 17.2 Å². The number of aryl methyl sites for hydroxylation is 1. The van der Waals surface area contributed by atoms with Crippen LogP contribution in [-0.4, -0.2) is 5.97 Å². The maximum Gasteiger partial charge on any atom is 0.343 e. The van der Waals surface area contributed by atoms with Gasteiger partial charge in [-0.25, -0.2) is 4.79 Å². The lowest BCUT2D eigenvalue weighted by Gasteiger charge is -2.07. The predicted octanol–water partition coefficient (Wildman–Crippen LogP) is 5.66. The average Bonchev–Trinajstić information content (AvgIpc) is 2.68. The van der Waals surface area contributed by atoms with Crippen molar-refractivity contribution in [2.45, 2.75) is 32.6 Å². The molecule has 0 aliphatic rings. The first-order valence-electron chi connectivity index (χ1n) is 8.94. The number of nitrogens with zero attached hydrogens (tertiary/aromatic N) is 1. The SMILES string of the molecule is CCCCCc1ccc(OC(=O)c2ccc3cc(C#N)ccc3c2)cc1. The molecule has 0 aromatic heterocycles. The number of hydrogen-bond acceptors (Lipinski definition) is 3. The molecule has 0 unspecified atom stereocenters. The molecule has 0 aliphatic heterocycles. The van der Waals surface area contributed by atoms with Gasteiger partial charge in [0, 0.05) is 0 Å². The molecule has 0 aliphatic carbocycles. The standard InChI is InChI=1S/C23H21NO2/c1-2-3-4-5-17-7-12-22(13-8-17)26-23(25)21-11-10-19-14-18(16-24)6-9-20(19)15-21/h6-15H,2-5H2,1H3. The highest BCUT2D eigenvalue weighted by Gasteiger charge is 2.10. The minimum atomic E-state index is -0.380. The topological polar surface area (TPSA) is 50.1 Å². The molecule has 0 atom stereocenters. The molecule has 0 heterocycles. The molecule has 26 heavy (non-hydrogen) atoms. The molecule has 130 valence electrons. The number of hydrogen-bond donors (Lipinski definition) is 0. The highest BCUT2D eigenvalue weighted by atomic mass is 16.5. The van der Waals surface area contributed by atoms with Gasteiger partial charge < -0.3 is 4.74 Å². The molecule has 0 saturated heterocycles. The number of carbonyl (C=O) groups is 1. The van der Waals surface area contributed by atoms with Gasteiger partial charge in [-0.05, 0) is 65.6 Å². The minimum absolute atomic E-state index is 0.380. The number of unbranched alkanes of at least 4 members (excludes halogenated alkanes) is 2. The Bertz CT molecular complexity index is 952. The zero-order chi connectivity index (χ0) is 18.4. The summed E-state index contributed by atoms with van der Waals surface area (Å²) in [5.74, 6) is 0.171. The third-order valence-corrected chi connectivity index (χ3v) is 4.41. The molecule has 3 aromatic rings. The lowest BCUT2D eigenvalue weighted by atomic mass is 10.0. The number of rotatable bonds is 6. The first kappa shape index (κ1) is 17.7. The molecule has 0 radical (unpaired) electrons. The van der Waals surface area contributed by atoms with E-state index in [1.165, 1.54) is 24.8 Å². The zero-order valence-corrected chi connectivity index (χ0v) is 14.9. The van der Waals surface area contributed by atoms with Gasteiger partial charge in [-0.2, -0.15) is 5.26 Å². The van der Waals surface area contributed by atoms with Crippen LogP contribution in [0.3, 0.4) is 0 Å². The van der Waals surface area contributed by atoms with Crippen molar-refractivity contribution in [2.24, 2.45) is 0 Å². The fourth-order valence-corrected chi connectivity index (χ4v) is 2.91. The monoisotopic (exact) mass is 343 g/mol. The summed E-state index contributed by atoms with van der Waals surface area (Å²) in [6.07, 6.45) is 4.67. The van der Waals surface area contributed by atoms with Crippen molar-refractivity contribution in [3.8, 4) is 11.8 Å². The molecule has 0 saturated carbocycles. The minimum Gasteiger partial charge on any atom is -0.423 e. The van der Waals surface area contributed by atoms with Crippen LogP contribution in [-0.2, 0) is 6.42 Å². The molecule has 3 rings (SSSR count). The van der Waals surface area contributed by atoms with E-state index >= 15 is 0 Å². The smallest absolute Gasteiger partial charge is 0.343 e. The Morgan fingerprint density at radius 2 is 1.69 bits per heavy atom. The Balaban J connectivity index is 1.69. The van der Waals surface area contributed by atoms with Crippen molar-refractivity contribution in [1.29, 1.82) is 5.26 Å². The van der Waals surface area contributed by atoms with E-state index < -0.39 is 0 Å². The van der Waals surface area contributed by atoms with Crippen LogP contribution < -0.4 is 4.74 Å². The van der Waals surface area contributed by atoms with Gasteiger partial charge in [0.2, 0.25) is 0 Å². The quantitative estimate of drug-likeness (QED) is 0.329. The second-order valence-corrected chi connectivity index (χ2v) is 6.38. The summed E-state index contributed by atoms with van der Waals surface area (Å²) in [6.45, 7) is 2.19. The largest absolute Gasteiger partial charge is 0.423 e. The Morgan fingerprint density at radius 3 is 2.42 bits per heavy atom. The second kappa shape index (κ2) is 8.31. The van der Waals surface area contributed by atoms with E-state index in [4.69, 9.17) is 10.00 Å². The van der Waals surface area contributed by atoms with Crippen LogP contribution in [0, 0.1) is 11.3 Å². The van der Waals surface area contributed by atoms with Crippen LogP contribution in [0.1, 0.15) is 47.7 Å². The third kappa shape index (κ3) is 4.29. The van der Waals surface area contributed by atoms with Crippen molar-refractivity contribution < 1.29 is 9.53 Å². The summed E-state index contributed by atoms with van der Waals surface area (Å²) < 4.78 is 5.48. The molecule has 0 N–H and O–H groups in total. The van der Waals surface area contributed by atoms with Gasteiger partial charge in [-0.15, -0.1) is 0 Å². The highest BCUT2D eigenvalue weighted by Crippen LogP contribution is 2.20. The molecular formula is C23H21NO2. The van der Waals surface area contributed by atoms with Crippen LogP contribution in [0.15, 0.2) is 60.7 Å². The molecular weight excluding hydrogens is 322 g/mol. The van der Waals surface area contributed by atoms with Gasteiger partial charge in [-0.3, -0.25) is 0 Å². The summed E-state index contributed by atoms with van der Waals surface area (Å²) in [4.78, 5) is 12.4. The molecule has 3 heteroatoms. The number of fused-ring (bicyclic) bond motifs is 1. The third-order valence-electron chi connectivity index (χ3n) is 4.41. The second-order valence-electron chi connectivity index (χ2n) is 6.38. The lowest BCUT2D eigenvalue weighted by Crippen LogP contribution is -2.08.